The molecule has 0 fully saturated rings. The Labute approximate surface area is 175 Å². The van der Waals surface area contributed by atoms with E-state index in [1.165, 1.54) is 25.1 Å². The van der Waals surface area contributed by atoms with Gasteiger partial charge in [0.25, 0.3) is 5.69 Å². The second-order valence-corrected chi connectivity index (χ2v) is 8.71. The molecule has 2 aromatic carbocycles. The molecular formula is C20H25N3O6S. The topological polar surface area (TPSA) is 119 Å². The molecule has 0 atom stereocenters. The van der Waals surface area contributed by atoms with E-state index in [1.54, 1.807) is 25.3 Å². The number of amides is 1. The van der Waals surface area contributed by atoms with Gasteiger partial charge in [-0.05, 0) is 37.1 Å². The maximum atomic E-state index is 12.3. The molecule has 0 spiro atoms. The Balaban J connectivity index is 2.06. The average Bonchev–Trinajstić information content (AvgIpc) is 2.65. The number of hydrogen-bond acceptors (Lipinski definition) is 6. The third-order valence-corrected chi connectivity index (χ3v) is 5.61. The number of carbonyl (C=O) groups is 1. The van der Waals surface area contributed by atoms with Gasteiger partial charge in [-0.15, -0.1) is 0 Å². The maximum absolute atomic E-state index is 12.3. The van der Waals surface area contributed by atoms with E-state index in [-0.39, 0.29) is 42.2 Å². The first-order valence-electron chi connectivity index (χ1n) is 9.23. The fourth-order valence-corrected chi connectivity index (χ4v) is 4.07. The van der Waals surface area contributed by atoms with Gasteiger partial charge in [0, 0.05) is 31.8 Å². The molecule has 0 bridgehead atoms. The number of benzene rings is 2. The quantitative estimate of drug-likeness (QED) is 0.452. The van der Waals surface area contributed by atoms with Gasteiger partial charge >= 0.3 is 0 Å². The Morgan fingerprint density at radius 1 is 1.23 bits per heavy atom. The van der Waals surface area contributed by atoms with Crippen molar-refractivity contribution < 1.29 is 22.9 Å². The van der Waals surface area contributed by atoms with Gasteiger partial charge in [0.2, 0.25) is 15.9 Å². The highest BCUT2D eigenvalue weighted by Crippen LogP contribution is 2.30. The highest BCUT2D eigenvalue weighted by atomic mass is 32.2. The SMILES string of the molecule is COCc1cccc(NC(=O)CCCN(c2cccc([N+](=O)[O-])c2C)S(C)(=O)=O)c1. The minimum atomic E-state index is -3.69. The van der Waals surface area contributed by atoms with E-state index in [0.29, 0.717) is 12.3 Å². The van der Waals surface area contributed by atoms with Gasteiger partial charge in [0.15, 0.2) is 0 Å². The van der Waals surface area contributed by atoms with Gasteiger partial charge in [-0.3, -0.25) is 19.2 Å². The molecule has 0 radical (unpaired) electrons. The van der Waals surface area contributed by atoms with Crippen molar-refractivity contribution in [2.24, 2.45) is 0 Å². The lowest BCUT2D eigenvalue weighted by Crippen LogP contribution is -2.32. The summed E-state index contributed by atoms with van der Waals surface area (Å²) < 4.78 is 30.7. The number of methoxy groups -OCH3 is 1. The predicted molar refractivity (Wildman–Crippen MR) is 115 cm³/mol. The van der Waals surface area contributed by atoms with Crippen LogP contribution in [0.15, 0.2) is 42.5 Å². The molecule has 0 saturated carbocycles. The van der Waals surface area contributed by atoms with Gasteiger partial charge in [-0.2, -0.15) is 0 Å². The molecule has 9 nitrogen and oxygen atoms in total. The standard InChI is InChI=1S/C20H25N3O6S/c1-15-18(9-5-10-19(15)23(25)26)22(30(3,27)28)12-6-11-20(24)21-17-8-4-7-16(13-17)14-29-2/h4-5,7-10,13H,6,11-12,14H2,1-3H3,(H,21,24). The number of sulfonamides is 1. The fourth-order valence-electron chi connectivity index (χ4n) is 3.06. The van der Waals surface area contributed by atoms with E-state index >= 15 is 0 Å². The van der Waals surface area contributed by atoms with Crippen molar-refractivity contribution in [1.29, 1.82) is 0 Å². The Kier molecular flexibility index (Phi) is 7.90. The first kappa shape index (κ1) is 23.3. The van der Waals surface area contributed by atoms with E-state index in [9.17, 15) is 23.3 Å². The van der Waals surface area contributed by atoms with Crippen LogP contribution in [0.25, 0.3) is 0 Å². The van der Waals surface area contributed by atoms with Crippen molar-refractivity contribution in [3.05, 3.63) is 63.7 Å². The first-order chi connectivity index (χ1) is 14.1. The molecule has 30 heavy (non-hydrogen) atoms. The number of nitrogens with zero attached hydrogens (tertiary/aromatic N) is 2. The van der Waals surface area contributed by atoms with Crippen molar-refractivity contribution in [3.8, 4) is 0 Å². The first-order valence-corrected chi connectivity index (χ1v) is 11.1. The van der Waals surface area contributed by atoms with Gasteiger partial charge in [-0.1, -0.05) is 18.2 Å². The van der Waals surface area contributed by atoms with Gasteiger partial charge in [0.05, 0.1) is 29.0 Å². The number of hydrogen-bond donors (Lipinski definition) is 1. The molecule has 10 heteroatoms. The van der Waals surface area contributed by atoms with Crippen molar-refractivity contribution in [2.75, 3.05) is 29.5 Å². The van der Waals surface area contributed by atoms with Crippen molar-refractivity contribution in [3.63, 3.8) is 0 Å². The normalized spacial score (nSPS) is 11.2. The number of ether oxygens (including phenoxy) is 1. The van der Waals surface area contributed by atoms with Gasteiger partial charge in [-0.25, -0.2) is 8.42 Å². The van der Waals surface area contributed by atoms with E-state index in [1.807, 2.05) is 6.07 Å². The monoisotopic (exact) mass is 435 g/mol. The van der Waals surface area contributed by atoms with Gasteiger partial charge in [0.1, 0.15) is 0 Å². The summed E-state index contributed by atoms with van der Waals surface area (Å²) in [6.07, 6.45) is 1.37. The number of anilines is 2. The molecule has 162 valence electrons. The van der Waals surface area contributed by atoms with Crippen LogP contribution >= 0.6 is 0 Å². The fraction of sp³-hybridized carbons (Fsp3) is 0.350. The highest BCUT2D eigenvalue weighted by molar-refractivity contribution is 7.92. The second-order valence-electron chi connectivity index (χ2n) is 6.80. The van der Waals surface area contributed by atoms with Crippen LogP contribution < -0.4 is 9.62 Å². The lowest BCUT2D eigenvalue weighted by molar-refractivity contribution is -0.385. The lowest BCUT2D eigenvalue weighted by Gasteiger charge is -2.24. The average molecular weight is 436 g/mol. The molecule has 0 unspecified atom stereocenters. The summed E-state index contributed by atoms with van der Waals surface area (Å²) in [7, 11) is -2.10. The van der Waals surface area contributed by atoms with E-state index in [2.05, 4.69) is 5.32 Å². The van der Waals surface area contributed by atoms with E-state index in [0.717, 1.165) is 16.1 Å². The molecule has 2 aromatic rings. The van der Waals surface area contributed by atoms with Crippen LogP contribution in [0.1, 0.15) is 24.0 Å². The Bertz CT molecular complexity index is 1020. The van der Waals surface area contributed by atoms with Crippen LogP contribution in [0.3, 0.4) is 0 Å². The number of nitro groups is 1. The van der Waals surface area contributed by atoms with Crippen LogP contribution in [0.2, 0.25) is 0 Å². The number of nitrogens with one attached hydrogen (secondary N) is 1. The molecule has 1 N–H and O–H groups in total. The molecule has 0 saturated heterocycles. The second kappa shape index (κ2) is 10.2. The van der Waals surface area contributed by atoms with E-state index in [4.69, 9.17) is 4.74 Å². The minimum absolute atomic E-state index is 0.0258. The summed E-state index contributed by atoms with van der Waals surface area (Å²) in [5.74, 6) is -0.256. The molecule has 0 heterocycles. The number of rotatable bonds is 10. The van der Waals surface area contributed by atoms with Crippen LogP contribution in [0.5, 0.6) is 0 Å². The summed E-state index contributed by atoms with van der Waals surface area (Å²) >= 11 is 0. The lowest BCUT2D eigenvalue weighted by atomic mass is 10.1. The summed E-state index contributed by atoms with van der Waals surface area (Å²) in [6.45, 7) is 1.96. The van der Waals surface area contributed by atoms with Crippen LogP contribution in [0.4, 0.5) is 17.1 Å². The third kappa shape index (κ3) is 6.26. The maximum Gasteiger partial charge on any atom is 0.274 e. The third-order valence-electron chi connectivity index (χ3n) is 4.43. The Morgan fingerprint density at radius 2 is 1.93 bits per heavy atom. The zero-order valence-electron chi connectivity index (χ0n) is 17.1. The molecule has 0 aliphatic carbocycles. The van der Waals surface area contributed by atoms with Crippen LogP contribution in [-0.4, -0.2) is 39.2 Å². The van der Waals surface area contributed by atoms with Crippen molar-refractivity contribution in [1.82, 2.24) is 0 Å². The molecule has 0 aliphatic rings. The smallest absolute Gasteiger partial charge is 0.274 e. The van der Waals surface area contributed by atoms with Gasteiger partial charge < -0.3 is 10.1 Å². The zero-order valence-corrected chi connectivity index (χ0v) is 17.9. The zero-order chi connectivity index (χ0) is 22.3. The molecule has 0 aromatic heterocycles. The predicted octanol–water partition coefficient (Wildman–Crippen LogP) is 3.23. The number of carbonyl (C=O) groups excluding carboxylic acids is 1. The molecule has 0 aliphatic heterocycles. The van der Waals surface area contributed by atoms with Crippen molar-refractivity contribution in [2.45, 2.75) is 26.4 Å². The van der Waals surface area contributed by atoms with Crippen LogP contribution in [0, 0.1) is 17.0 Å². The summed E-state index contributed by atoms with van der Waals surface area (Å²) in [5.41, 5.74) is 1.88. The van der Waals surface area contributed by atoms with Crippen molar-refractivity contribution >= 4 is 33.0 Å². The Morgan fingerprint density at radius 3 is 2.57 bits per heavy atom. The summed E-state index contributed by atoms with van der Waals surface area (Å²) in [5, 5.41) is 13.9. The largest absolute Gasteiger partial charge is 0.380 e. The summed E-state index contributed by atoms with van der Waals surface area (Å²) in [4.78, 5) is 22.9. The van der Waals surface area contributed by atoms with Crippen LogP contribution in [-0.2, 0) is 26.2 Å². The molecule has 2 rings (SSSR count). The van der Waals surface area contributed by atoms with E-state index < -0.39 is 14.9 Å². The highest BCUT2D eigenvalue weighted by Gasteiger charge is 2.23. The number of nitro benzene ring substituents is 1. The Hall–Kier alpha value is -2.98. The summed E-state index contributed by atoms with van der Waals surface area (Å²) in [6, 6.07) is 11.5. The molecular weight excluding hydrogens is 410 g/mol. The minimum Gasteiger partial charge on any atom is -0.380 e. The molecule has 1 amide bonds.